The third-order valence-corrected chi connectivity index (χ3v) is 26.7. The second-order valence-electron chi connectivity index (χ2n) is 32.8. The number of unbranched alkanes of at least 4 members (excludes halogenated alkanes) is 2. The molecule has 3 aromatic carbocycles. The number of anilines is 2. The van der Waals surface area contributed by atoms with Gasteiger partial charge in [0.1, 0.15) is 32.8 Å². The van der Waals surface area contributed by atoms with Gasteiger partial charge in [-0.05, 0) is 132 Å². The number of hydrogen-bond acceptors (Lipinski definition) is 25. The number of thiazole rings is 1. The molecule has 3 saturated heterocycles. The number of rotatable bonds is 50. The number of ketones is 2. The Bertz CT molecular complexity index is 4460. The van der Waals surface area contributed by atoms with Gasteiger partial charge in [-0.15, -0.1) is 11.3 Å². The fourth-order valence-electron chi connectivity index (χ4n) is 16.0. The van der Waals surface area contributed by atoms with E-state index in [2.05, 4.69) is 75.8 Å². The van der Waals surface area contributed by atoms with Crippen LogP contribution in [-0.2, 0) is 73.3 Å². The normalized spacial score (nSPS) is 17.8. The predicted octanol–water partition coefficient (Wildman–Crippen LogP) is 12.0. The van der Waals surface area contributed by atoms with E-state index < -0.39 is 51.4 Å². The highest BCUT2D eigenvalue weighted by Gasteiger charge is 2.42. The Morgan fingerprint density at radius 2 is 1.45 bits per heavy atom. The van der Waals surface area contributed by atoms with E-state index in [-0.39, 0.29) is 186 Å². The number of nitrogens with one attached hydrogen (secondary N) is 3. The Balaban J connectivity index is 0.00000636. The van der Waals surface area contributed by atoms with E-state index in [1.54, 1.807) is 81.7 Å². The van der Waals surface area contributed by atoms with Crippen LogP contribution in [0.3, 0.4) is 0 Å². The molecule has 5 aliphatic heterocycles. The lowest BCUT2D eigenvalue weighted by Crippen LogP contribution is -2.48. The van der Waals surface area contributed by atoms with E-state index in [4.69, 9.17) is 47.5 Å². The Hall–Kier alpha value is -9.12. The van der Waals surface area contributed by atoms with Crippen LogP contribution in [0.4, 0.5) is 17.1 Å². The van der Waals surface area contributed by atoms with Gasteiger partial charge in [-0.1, -0.05) is 116 Å². The zero-order valence-electron chi connectivity index (χ0n) is 73.7. The zero-order chi connectivity index (χ0) is 91.0. The maximum atomic E-state index is 14.5. The number of aromatic nitrogens is 1. The number of esters is 1. The number of aromatic hydroxyl groups is 1. The number of likely N-dealkylation sites (N-methyl/N-ethyl adjacent to an activating group) is 1. The number of carbonyl (C=O) groups excluding carboxylic acids is 12. The minimum Gasteiger partial charge on any atom is -0.506 e. The molecule has 125 heavy (non-hydrogen) atoms. The van der Waals surface area contributed by atoms with Crippen LogP contribution < -0.4 is 35.1 Å². The summed E-state index contributed by atoms with van der Waals surface area (Å²) in [5.41, 5.74) is 5.68. The molecule has 10 atom stereocenters. The highest BCUT2D eigenvalue weighted by molar-refractivity contribution is 9.12. The molecule has 7 amide bonds. The number of halogens is 2. The number of nitrogens with zero attached hydrogens (tertiary/aromatic N) is 7. The van der Waals surface area contributed by atoms with Gasteiger partial charge in [0.05, 0.1) is 131 Å². The van der Waals surface area contributed by atoms with Gasteiger partial charge in [0.2, 0.25) is 23.6 Å². The molecular formula is C91H124Br2N10O21S. The summed E-state index contributed by atoms with van der Waals surface area (Å²) in [6.45, 7) is 25.8. The van der Waals surface area contributed by atoms with Gasteiger partial charge in [-0.3, -0.25) is 57.8 Å². The van der Waals surface area contributed by atoms with Gasteiger partial charge in [0, 0.05) is 108 Å². The number of alkyl halides is 2. The van der Waals surface area contributed by atoms with Crippen molar-refractivity contribution >= 4 is 132 Å². The Morgan fingerprint density at radius 1 is 0.776 bits per heavy atom. The van der Waals surface area contributed by atoms with Crippen molar-refractivity contribution in [3.8, 4) is 23.0 Å². The molecule has 0 aliphatic carbocycles. The van der Waals surface area contributed by atoms with E-state index in [9.17, 15) is 53.1 Å². The number of Topliss-reactive ketones (excluding diaryl/α,β-unsaturated/α-hetero) is 2. The molecule has 4 N–H and O–H groups in total. The van der Waals surface area contributed by atoms with Crippen LogP contribution >= 0.6 is 43.2 Å². The molecule has 0 bridgehead atoms. The van der Waals surface area contributed by atoms with E-state index in [1.165, 1.54) is 24.3 Å². The van der Waals surface area contributed by atoms with Crippen molar-refractivity contribution in [1.82, 2.24) is 35.2 Å². The maximum Gasteiger partial charge on any atom is 0.373 e. The largest absolute Gasteiger partial charge is 0.506 e. The van der Waals surface area contributed by atoms with Crippen molar-refractivity contribution in [1.29, 1.82) is 0 Å². The lowest BCUT2D eigenvalue weighted by Gasteiger charge is -2.37. The van der Waals surface area contributed by atoms with Gasteiger partial charge < -0.3 is 78.6 Å². The van der Waals surface area contributed by atoms with Gasteiger partial charge in [-0.2, -0.15) is 9.59 Å². The molecular weight excluding hydrogens is 1760 g/mol. The second kappa shape index (κ2) is 51.0. The smallest absolute Gasteiger partial charge is 0.373 e. The molecule has 0 saturated carbocycles. The lowest BCUT2D eigenvalue weighted by atomic mass is 9.83. The molecule has 1 aromatic heterocycles. The molecule has 0 radical (unpaired) electrons. The van der Waals surface area contributed by atoms with Crippen molar-refractivity contribution in [2.24, 2.45) is 22.7 Å². The molecule has 0 spiro atoms. The van der Waals surface area contributed by atoms with Crippen molar-refractivity contribution in [2.45, 2.75) is 210 Å². The summed E-state index contributed by atoms with van der Waals surface area (Å²) in [4.78, 5) is 169. The van der Waals surface area contributed by atoms with E-state index in [1.807, 2.05) is 48.6 Å². The molecule has 6 heterocycles. The minimum absolute atomic E-state index is 0.0273. The third kappa shape index (κ3) is 29.7. The fourth-order valence-corrected chi connectivity index (χ4v) is 17.8. The van der Waals surface area contributed by atoms with Crippen LogP contribution in [-0.4, -0.2) is 261 Å². The topological polar surface area (TPSA) is 376 Å². The molecule has 684 valence electrons. The molecule has 5 aliphatic rings. The highest BCUT2D eigenvalue weighted by atomic mass is 79.9. The molecule has 34 heteroatoms. The first-order chi connectivity index (χ1) is 59.9. The third-order valence-electron chi connectivity index (χ3n) is 23.0. The Morgan fingerprint density at radius 3 is 2.13 bits per heavy atom. The number of amides is 7. The minimum atomic E-state index is -0.862. The second-order valence-corrected chi connectivity index (χ2v) is 35.6. The number of phenols is 1. The number of likely N-dealkylation sites (tertiary alicyclic amines) is 1. The SMILES string of the molecule is C=C1C[C@H]2CN(C(=O)CCOCCOCCCC(=O)C(Br)C(Br)C(=O)NCCOCCOCCC(=O)Nc3cc(C[C@H](CCC)NC(=O)c4csc([C@@H](C[C@H](C(C)C)N(C)C(=O)[C@@H](CC(=O)[C@H]5CCCCN5C)[C@@H](C)CC)OC(C)=O)n4)ccc3O)c3cc(OCCCCCOc4cc5c(cc4OC)C(=O)N4CC(=C)C[C@H]4C=N5)c(C)cc3C(=O)N2C1.O=C=O. The zero-order valence-corrected chi connectivity index (χ0v) is 77.7. The van der Waals surface area contributed by atoms with Crippen LogP contribution in [0.5, 0.6) is 23.0 Å². The molecule has 31 nitrogen and oxygen atoms in total. The fraction of sp³-hybridized carbons (Fsp3) is 0.593. The number of hydrogen-bond donors (Lipinski definition) is 4. The van der Waals surface area contributed by atoms with Gasteiger partial charge in [0.25, 0.3) is 17.7 Å². The standard InChI is InChI=1S/C90H124Br2N10O19S.CO2/c1-13-21-62(95-85(109)70-54-122-87(97-70)80(121-60(9)103)48-72(55(3)4)99(11)88(111)65(58(7)14-2)45-76(106)71-22-16-17-29-98(71)10)43-61-24-25-74(104)69(44-61)96-81(107)26-33-116-38-39-118-35-28-93-86(110)84(92)83(91)75(105)23-20-30-115-36-37-117-34-27-82(108)102-53-64-41-57(6)52-101(64)90(113)67-42-59(8)77(49-73(67)102)119-31-18-15-19-32-120-79-47-68-66(46-78(79)114-12)89(112)100-51-56(5)40-63(100)50-94-68;2-1-3/h24-25,42,44,46-47,49-50,54-55,58,62-65,71-72,80,83-84,104H,5-6,13-23,26-41,43,45,48,51-53H2,1-4,7-12H3,(H,93,110)(H,95,109)(H,96,107);/t58-,62-,63-,64-,65-,71+,72+,80+,83?,84?;/m0./s1. The number of methoxy groups -OCH3 is 1. The van der Waals surface area contributed by atoms with E-state index >= 15 is 0 Å². The number of carbonyl (C=O) groups is 10. The highest BCUT2D eigenvalue weighted by Crippen LogP contribution is 2.42. The predicted molar refractivity (Wildman–Crippen MR) is 479 cm³/mol. The molecule has 9 rings (SSSR count). The molecule has 4 aromatic rings. The summed E-state index contributed by atoms with van der Waals surface area (Å²) in [5.74, 6) is -1.72. The maximum absolute atomic E-state index is 14.5. The Kier molecular flexibility index (Phi) is 41.3. The molecule has 3 fully saturated rings. The summed E-state index contributed by atoms with van der Waals surface area (Å²) < 4.78 is 46.8. The van der Waals surface area contributed by atoms with E-state index in [0.717, 1.165) is 73.8 Å². The number of ether oxygens (including phenoxy) is 8. The van der Waals surface area contributed by atoms with Crippen LogP contribution in [0.2, 0.25) is 0 Å². The number of benzene rings is 3. The van der Waals surface area contributed by atoms with Crippen molar-refractivity contribution in [2.75, 3.05) is 130 Å². The number of aliphatic imine (C=N–C) groups is 1. The van der Waals surface area contributed by atoms with Gasteiger partial charge in [-0.25, -0.2) is 4.98 Å². The number of phenolic OH excluding ortho intramolecular Hbond substituents is 1. The first kappa shape index (κ1) is 101. The first-order valence-electron chi connectivity index (χ1n) is 43.3. The van der Waals surface area contributed by atoms with E-state index in [0.29, 0.717) is 116 Å². The summed E-state index contributed by atoms with van der Waals surface area (Å²) in [5, 5.41) is 21.4. The first-order valence-corrected chi connectivity index (χ1v) is 46.0. The van der Waals surface area contributed by atoms with Crippen LogP contribution in [0, 0.1) is 24.7 Å². The van der Waals surface area contributed by atoms with Crippen LogP contribution in [0.25, 0.3) is 0 Å². The Labute approximate surface area is 753 Å². The quantitative estimate of drug-likeness (QED) is 0.0105. The van der Waals surface area contributed by atoms with Crippen molar-refractivity contribution in [3.05, 3.63) is 105 Å². The van der Waals surface area contributed by atoms with Gasteiger partial charge in [0.15, 0.2) is 23.4 Å². The average molecular weight is 1890 g/mol. The van der Waals surface area contributed by atoms with Crippen LogP contribution in [0.1, 0.15) is 204 Å². The van der Waals surface area contributed by atoms with Crippen molar-refractivity contribution in [3.63, 3.8) is 0 Å². The summed E-state index contributed by atoms with van der Waals surface area (Å²) in [6, 6.07) is 10.6. The number of fused-ring (bicyclic) bond motifs is 4. The average Bonchev–Trinajstić information content (AvgIpc) is 1.62. The summed E-state index contributed by atoms with van der Waals surface area (Å²) in [7, 11) is 5.27. The number of aryl methyl sites for hydroxylation is 1. The van der Waals surface area contributed by atoms with Crippen LogP contribution in [0.15, 0.2) is 77.1 Å². The summed E-state index contributed by atoms with van der Waals surface area (Å²) >= 11 is 7.92. The lowest BCUT2D eigenvalue weighted by molar-refractivity contribution is -0.192. The molecule has 2 unspecified atom stereocenters. The number of piperidine rings is 1. The summed E-state index contributed by atoms with van der Waals surface area (Å²) in [6.07, 6.45) is 10.9. The van der Waals surface area contributed by atoms with Crippen molar-refractivity contribution < 1.29 is 101 Å². The van der Waals surface area contributed by atoms with Gasteiger partial charge >= 0.3 is 12.1 Å². The monoisotopic (exact) mass is 1880 g/mol.